The van der Waals surface area contributed by atoms with Gasteiger partial charge in [-0.15, -0.1) is 18.3 Å². The highest BCUT2D eigenvalue weighted by atomic mass is 19.4. The number of hydroxylamine groups is 1. The minimum absolute atomic E-state index is 0.263. The molecule has 0 bridgehead atoms. The van der Waals surface area contributed by atoms with E-state index in [4.69, 9.17) is 23.8 Å². The van der Waals surface area contributed by atoms with E-state index in [1.54, 1.807) is 21.3 Å². The van der Waals surface area contributed by atoms with Crippen molar-refractivity contribution in [2.75, 3.05) is 21.3 Å². The molecule has 0 amide bonds. The first-order valence-corrected chi connectivity index (χ1v) is 11.7. The number of ether oxygens (including phenoxy) is 5. The molecule has 1 fully saturated rings. The zero-order chi connectivity index (χ0) is 27.3. The average Bonchev–Trinajstić information content (AvgIpc) is 3.38. The molecule has 2 heterocycles. The van der Waals surface area contributed by atoms with Crippen molar-refractivity contribution >= 4 is 0 Å². The third-order valence-electron chi connectivity index (χ3n) is 6.06. The van der Waals surface area contributed by atoms with E-state index >= 15 is 0 Å². The fourth-order valence-electron chi connectivity index (χ4n) is 4.21. The van der Waals surface area contributed by atoms with E-state index in [9.17, 15) is 13.2 Å². The van der Waals surface area contributed by atoms with Gasteiger partial charge in [-0.25, -0.2) is 9.67 Å². The third-order valence-corrected chi connectivity index (χ3v) is 6.06. The van der Waals surface area contributed by atoms with Crippen molar-refractivity contribution in [2.45, 2.75) is 50.5 Å². The molecule has 0 saturated carbocycles. The molecule has 4 rings (SSSR count). The van der Waals surface area contributed by atoms with Gasteiger partial charge in [0.15, 0.2) is 5.82 Å². The SMILES string of the molecule is COC1[C@H](C)O[C@@H](ONCc2ccc(-c3ncn(-c4ccc(OC(F)(F)F)cc4)n3)cc2)[C@H](OC)[C@@H]1OC. The minimum Gasteiger partial charge on any atom is -0.406 e. The van der Waals surface area contributed by atoms with E-state index in [0.29, 0.717) is 18.1 Å². The molecule has 10 nitrogen and oxygen atoms in total. The Balaban J connectivity index is 1.33. The van der Waals surface area contributed by atoms with Crippen LogP contribution in [0.1, 0.15) is 12.5 Å². The van der Waals surface area contributed by atoms with Crippen LogP contribution >= 0.6 is 0 Å². The number of methoxy groups -OCH3 is 3. The number of nitrogens with one attached hydrogen (secondary N) is 1. The van der Waals surface area contributed by atoms with E-state index in [1.165, 1.54) is 35.3 Å². The van der Waals surface area contributed by atoms with Gasteiger partial charge in [0.2, 0.25) is 6.29 Å². The highest BCUT2D eigenvalue weighted by Crippen LogP contribution is 2.27. The van der Waals surface area contributed by atoms with E-state index in [1.807, 2.05) is 31.2 Å². The molecule has 2 aromatic carbocycles. The lowest BCUT2D eigenvalue weighted by Gasteiger charge is -2.43. The quantitative estimate of drug-likeness (QED) is 0.388. The smallest absolute Gasteiger partial charge is 0.406 e. The molecule has 206 valence electrons. The van der Waals surface area contributed by atoms with Crippen molar-refractivity contribution < 1.29 is 41.7 Å². The summed E-state index contributed by atoms with van der Waals surface area (Å²) in [4.78, 5) is 10.1. The van der Waals surface area contributed by atoms with Gasteiger partial charge in [-0.1, -0.05) is 24.3 Å². The van der Waals surface area contributed by atoms with E-state index in [-0.39, 0.29) is 24.1 Å². The first-order chi connectivity index (χ1) is 18.2. The first kappa shape index (κ1) is 28.0. The van der Waals surface area contributed by atoms with Crippen LogP contribution in [0.5, 0.6) is 5.75 Å². The number of hydrogen-bond donors (Lipinski definition) is 1. The fourth-order valence-corrected chi connectivity index (χ4v) is 4.21. The topological polar surface area (TPSA) is 98.1 Å². The number of benzene rings is 2. The Bertz CT molecular complexity index is 1160. The van der Waals surface area contributed by atoms with Crippen molar-refractivity contribution in [3.8, 4) is 22.8 Å². The Morgan fingerprint density at radius 1 is 0.921 bits per heavy atom. The van der Waals surface area contributed by atoms with Crippen LogP contribution in [0.15, 0.2) is 54.9 Å². The van der Waals surface area contributed by atoms with Gasteiger partial charge in [-0.2, -0.15) is 5.48 Å². The molecular weight excluding hydrogens is 509 g/mol. The van der Waals surface area contributed by atoms with Crippen molar-refractivity contribution in [2.24, 2.45) is 0 Å². The van der Waals surface area contributed by atoms with Gasteiger partial charge in [-0.05, 0) is 36.8 Å². The van der Waals surface area contributed by atoms with E-state index in [2.05, 4.69) is 20.3 Å². The fraction of sp³-hybridized carbons (Fsp3) is 0.440. The molecule has 1 aliphatic heterocycles. The second-order valence-electron chi connectivity index (χ2n) is 8.50. The molecule has 3 aromatic rings. The maximum atomic E-state index is 12.4. The first-order valence-electron chi connectivity index (χ1n) is 11.7. The third kappa shape index (κ3) is 6.67. The Morgan fingerprint density at radius 2 is 1.58 bits per heavy atom. The lowest BCUT2D eigenvalue weighted by atomic mass is 9.99. The van der Waals surface area contributed by atoms with Crippen LogP contribution in [0.3, 0.4) is 0 Å². The zero-order valence-corrected chi connectivity index (χ0v) is 21.2. The second kappa shape index (κ2) is 12.2. The summed E-state index contributed by atoms with van der Waals surface area (Å²) in [5.74, 6) is 0.150. The van der Waals surface area contributed by atoms with Crippen molar-refractivity contribution in [1.29, 1.82) is 0 Å². The maximum absolute atomic E-state index is 12.4. The van der Waals surface area contributed by atoms with Crippen molar-refractivity contribution in [1.82, 2.24) is 20.2 Å². The Hall–Kier alpha value is -3.07. The molecule has 38 heavy (non-hydrogen) atoms. The maximum Gasteiger partial charge on any atom is 0.573 e. The summed E-state index contributed by atoms with van der Waals surface area (Å²) >= 11 is 0. The Morgan fingerprint density at radius 3 is 2.18 bits per heavy atom. The van der Waals surface area contributed by atoms with E-state index in [0.717, 1.165) is 11.1 Å². The largest absolute Gasteiger partial charge is 0.573 e. The van der Waals surface area contributed by atoms with Crippen LogP contribution in [0, 0.1) is 0 Å². The molecule has 13 heteroatoms. The predicted octanol–water partition coefficient (Wildman–Crippen LogP) is 3.64. The average molecular weight is 539 g/mol. The number of aromatic nitrogens is 3. The van der Waals surface area contributed by atoms with E-state index < -0.39 is 18.8 Å². The summed E-state index contributed by atoms with van der Waals surface area (Å²) in [5, 5.41) is 4.41. The van der Waals surface area contributed by atoms with Gasteiger partial charge in [0.05, 0.1) is 11.8 Å². The van der Waals surface area contributed by atoms with Crippen LogP contribution in [0.2, 0.25) is 0 Å². The molecule has 1 unspecified atom stereocenters. The summed E-state index contributed by atoms with van der Waals surface area (Å²) in [6.45, 7) is 2.28. The number of rotatable bonds is 10. The molecule has 0 spiro atoms. The zero-order valence-electron chi connectivity index (χ0n) is 21.2. The van der Waals surface area contributed by atoms with Gasteiger partial charge < -0.3 is 23.7 Å². The van der Waals surface area contributed by atoms with Gasteiger partial charge in [0, 0.05) is 33.4 Å². The van der Waals surface area contributed by atoms with Crippen LogP contribution in [0.4, 0.5) is 13.2 Å². The van der Waals surface area contributed by atoms with Crippen LogP contribution in [-0.2, 0) is 30.3 Å². The summed E-state index contributed by atoms with van der Waals surface area (Å²) in [5.41, 5.74) is 5.16. The Labute approximate surface area is 217 Å². The predicted molar refractivity (Wildman–Crippen MR) is 128 cm³/mol. The molecule has 1 saturated heterocycles. The highest BCUT2D eigenvalue weighted by Gasteiger charge is 2.46. The molecule has 1 N–H and O–H groups in total. The molecule has 0 aliphatic carbocycles. The summed E-state index contributed by atoms with van der Waals surface area (Å²) < 4.78 is 65.0. The standard InChI is InChI=1S/C25H29F3N4O6/c1-15-20(33-2)21(34-3)22(35-4)24(36-15)38-30-13-16-5-7-17(8-6-16)23-29-14-32(31-23)18-9-11-19(12-10-18)37-25(26,27)28/h5-12,14-15,20-22,24,30H,13H2,1-4H3/t15-,20?,21+,22+,24-/m0/s1. The monoisotopic (exact) mass is 538 g/mol. The van der Waals surface area contributed by atoms with Crippen LogP contribution < -0.4 is 10.2 Å². The molecule has 0 radical (unpaired) electrons. The molecular formula is C25H29F3N4O6. The summed E-state index contributed by atoms with van der Waals surface area (Å²) in [6.07, 6.45) is -5.38. The normalized spacial score (nSPS) is 23.9. The van der Waals surface area contributed by atoms with Gasteiger partial charge >= 0.3 is 6.36 Å². The lowest BCUT2D eigenvalue weighted by molar-refractivity contribution is -0.319. The number of halogens is 3. The van der Waals surface area contributed by atoms with Gasteiger partial charge in [-0.3, -0.25) is 4.84 Å². The van der Waals surface area contributed by atoms with Crippen molar-refractivity contribution in [3.63, 3.8) is 0 Å². The van der Waals surface area contributed by atoms with Crippen molar-refractivity contribution in [3.05, 3.63) is 60.4 Å². The van der Waals surface area contributed by atoms with Crippen LogP contribution in [0.25, 0.3) is 17.1 Å². The minimum atomic E-state index is -4.74. The highest BCUT2D eigenvalue weighted by molar-refractivity contribution is 5.55. The molecule has 1 aromatic heterocycles. The number of alkyl halides is 3. The molecule has 5 atom stereocenters. The van der Waals surface area contributed by atoms with Crippen LogP contribution in [-0.4, -0.2) is 73.2 Å². The summed E-state index contributed by atoms with van der Waals surface area (Å²) in [7, 11) is 4.75. The number of nitrogens with zero attached hydrogens (tertiary/aromatic N) is 3. The van der Waals surface area contributed by atoms with Gasteiger partial charge in [0.25, 0.3) is 0 Å². The second-order valence-corrected chi connectivity index (χ2v) is 8.50. The Kier molecular flexibility index (Phi) is 8.97. The lowest BCUT2D eigenvalue weighted by Crippen LogP contribution is -2.60. The number of hydrogen-bond acceptors (Lipinski definition) is 9. The van der Waals surface area contributed by atoms with Gasteiger partial charge in [0.1, 0.15) is 30.4 Å². The molecule has 1 aliphatic rings. The summed E-state index contributed by atoms with van der Waals surface area (Å²) in [6, 6.07) is 12.9.